The molecule has 1 unspecified atom stereocenters. The summed E-state index contributed by atoms with van der Waals surface area (Å²) in [5.41, 5.74) is 2.88. The molecule has 1 fully saturated rings. The highest BCUT2D eigenvalue weighted by Gasteiger charge is 2.25. The van der Waals surface area contributed by atoms with Crippen molar-refractivity contribution in [2.24, 2.45) is 0 Å². The third-order valence-corrected chi connectivity index (χ3v) is 5.23. The average molecular weight is 300 g/mol. The number of nitrogens with one attached hydrogen (secondary N) is 1. The SMILES string of the molecule is CN(CC(=O)NC1CCCCC1)C1CCCc2ccccc21. The fourth-order valence-corrected chi connectivity index (χ4v) is 4.04. The zero-order chi connectivity index (χ0) is 15.4. The van der Waals surface area contributed by atoms with Crippen molar-refractivity contribution in [1.29, 1.82) is 0 Å². The van der Waals surface area contributed by atoms with Gasteiger partial charge in [-0.25, -0.2) is 0 Å². The van der Waals surface area contributed by atoms with E-state index in [9.17, 15) is 4.79 Å². The molecule has 1 aromatic rings. The first-order valence-electron chi connectivity index (χ1n) is 8.81. The Balaban J connectivity index is 1.57. The maximum absolute atomic E-state index is 12.3. The number of nitrogens with zero attached hydrogens (tertiary/aromatic N) is 1. The van der Waals surface area contributed by atoms with Crippen LogP contribution in [0, 0.1) is 0 Å². The lowest BCUT2D eigenvalue weighted by Gasteiger charge is -2.33. The number of hydrogen-bond donors (Lipinski definition) is 1. The molecule has 120 valence electrons. The van der Waals surface area contributed by atoms with Crippen molar-refractivity contribution in [2.75, 3.05) is 13.6 Å². The molecule has 1 atom stereocenters. The molecule has 2 aliphatic carbocycles. The van der Waals surface area contributed by atoms with E-state index in [1.807, 2.05) is 0 Å². The number of carbonyl (C=O) groups is 1. The molecule has 22 heavy (non-hydrogen) atoms. The van der Waals surface area contributed by atoms with Crippen LogP contribution in [0.5, 0.6) is 0 Å². The normalized spacial score (nSPS) is 22.4. The number of benzene rings is 1. The number of aryl methyl sites for hydroxylation is 1. The largest absolute Gasteiger partial charge is 0.352 e. The summed E-state index contributed by atoms with van der Waals surface area (Å²) < 4.78 is 0. The smallest absolute Gasteiger partial charge is 0.234 e. The molecule has 0 radical (unpaired) electrons. The van der Waals surface area contributed by atoms with Crippen molar-refractivity contribution in [3.63, 3.8) is 0 Å². The Kier molecular flexibility index (Phi) is 5.14. The zero-order valence-electron chi connectivity index (χ0n) is 13.7. The van der Waals surface area contributed by atoms with Gasteiger partial charge in [0, 0.05) is 12.1 Å². The molecule has 0 aromatic heterocycles. The van der Waals surface area contributed by atoms with Gasteiger partial charge in [-0.2, -0.15) is 0 Å². The summed E-state index contributed by atoms with van der Waals surface area (Å²) in [7, 11) is 2.09. The van der Waals surface area contributed by atoms with Crippen molar-refractivity contribution < 1.29 is 4.79 Å². The highest BCUT2D eigenvalue weighted by molar-refractivity contribution is 5.78. The Morgan fingerprint density at radius 2 is 1.91 bits per heavy atom. The van der Waals surface area contributed by atoms with Crippen LogP contribution in [0.4, 0.5) is 0 Å². The minimum Gasteiger partial charge on any atom is -0.352 e. The van der Waals surface area contributed by atoms with E-state index in [0.29, 0.717) is 18.6 Å². The molecule has 2 aliphatic rings. The number of hydrogen-bond acceptors (Lipinski definition) is 2. The lowest BCUT2D eigenvalue weighted by molar-refractivity contribution is -0.123. The van der Waals surface area contributed by atoms with Crippen LogP contribution in [0.1, 0.15) is 62.1 Å². The van der Waals surface area contributed by atoms with Crippen LogP contribution in [0.2, 0.25) is 0 Å². The van der Waals surface area contributed by atoms with Crippen LogP contribution in [0.15, 0.2) is 24.3 Å². The Morgan fingerprint density at radius 1 is 1.14 bits per heavy atom. The third-order valence-electron chi connectivity index (χ3n) is 5.23. The Bertz CT molecular complexity index is 508. The summed E-state index contributed by atoms with van der Waals surface area (Å²) in [6.07, 6.45) is 9.71. The summed E-state index contributed by atoms with van der Waals surface area (Å²) >= 11 is 0. The predicted molar refractivity (Wildman–Crippen MR) is 89.8 cm³/mol. The molecule has 0 saturated heterocycles. The lowest BCUT2D eigenvalue weighted by Crippen LogP contribution is -2.43. The Hall–Kier alpha value is -1.35. The fourth-order valence-electron chi connectivity index (χ4n) is 4.04. The predicted octanol–water partition coefficient (Wildman–Crippen LogP) is 3.44. The van der Waals surface area contributed by atoms with Gasteiger partial charge in [-0.15, -0.1) is 0 Å². The van der Waals surface area contributed by atoms with Crippen LogP contribution in [0.25, 0.3) is 0 Å². The molecule has 3 nitrogen and oxygen atoms in total. The quantitative estimate of drug-likeness (QED) is 0.924. The molecule has 0 heterocycles. The van der Waals surface area contributed by atoms with Gasteiger partial charge in [-0.1, -0.05) is 43.5 Å². The van der Waals surface area contributed by atoms with Gasteiger partial charge >= 0.3 is 0 Å². The Labute approximate surface area is 134 Å². The number of rotatable bonds is 4. The second kappa shape index (κ2) is 7.28. The molecule has 1 saturated carbocycles. The van der Waals surface area contributed by atoms with Gasteiger partial charge in [-0.3, -0.25) is 9.69 Å². The van der Waals surface area contributed by atoms with E-state index in [1.165, 1.54) is 43.2 Å². The first-order valence-corrected chi connectivity index (χ1v) is 8.81. The molecular formula is C19H28N2O. The summed E-state index contributed by atoms with van der Waals surface area (Å²) in [5.74, 6) is 0.192. The molecule has 0 spiro atoms. The van der Waals surface area contributed by atoms with Gasteiger partial charge in [0.2, 0.25) is 5.91 Å². The first kappa shape index (κ1) is 15.5. The van der Waals surface area contributed by atoms with Crippen molar-refractivity contribution >= 4 is 5.91 Å². The number of amides is 1. The van der Waals surface area contributed by atoms with Crippen LogP contribution in [-0.2, 0) is 11.2 Å². The number of likely N-dealkylation sites (N-methyl/N-ethyl adjacent to an activating group) is 1. The lowest BCUT2D eigenvalue weighted by atomic mass is 9.87. The number of fused-ring (bicyclic) bond motifs is 1. The maximum atomic E-state index is 12.3. The molecule has 3 heteroatoms. The maximum Gasteiger partial charge on any atom is 0.234 e. The first-order chi connectivity index (χ1) is 10.7. The zero-order valence-corrected chi connectivity index (χ0v) is 13.7. The van der Waals surface area contributed by atoms with E-state index < -0.39 is 0 Å². The summed E-state index contributed by atoms with van der Waals surface area (Å²) in [4.78, 5) is 14.6. The van der Waals surface area contributed by atoms with Gasteiger partial charge in [-0.05, 0) is 50.3 Å². The van der Waals surface area contributed by atoms with E-state index in [1.54, 1.807) is 0 Å². The molecule has 1 aromatic carbocycles. The van der Waals surface area contributed by atoms with E-state index in [-0.39, 0.29) is 5.91 Å². The summed E-state index contributed by atoms with van der Waals surface area (Å²) in [5, 5.41) is 3.23. The summed E-state index contributed by atoms with van der Waals surface area (Å²) in [6.45, 7) is 0.509. The third kappa shape index (κ3) is 3.70. The highest BCUT2D eigenvalue weighted by atomic mass is 16.2. The topological polar surface area (TPSA) is 32.3 Å². The Morgan fingerprint density at radius 3 is 2.73 bits per heavy atom. The van der Waals surface area contributed by atoms with Gasteiger partial charge in [0.1, 0.15) is 0 Å². The van der Waals surface area contributed by atoms with Gasteiger partial charge < -0.3 is 5.32 Å². The van der Waals surface area contributed by atoms with Crippen LogP contribution in [0.3, 0.4) is 0 Å². The van der Waals surface area contributed by atoms with Gasteiger partial charge in [0.25, 0.3) is 0 Å². The van der Waals surface area contributed by atoms with Crippen LogP contribution in [-0.4, -0.2) is 30.4 Å². The average Bonchev–Trinajstić information content (AvgIpc) is 2.55. The van der Waals surface area contributed by atoms with E-state index in [4.69, 9.17) is 0 Å². The van der Waals surface area contributed by atoms with Crippen molar-refractivity contribution in [3.05, 3.63) is 35.4 Å². The molecule has 0 bridgehead atoms. The van der Waals surface area contributed by atoms with Crippen molar-refractivity contribution in [1.82, 2.24) is 10.2 Å². The molecule has 1 N–H and O–H groups in total. The van der Waals surface area contributed by atoms with Crippen molar-refractivity contribution in [2.45, 2.75) is 63.5 Å². The minimum atomic E-state index is 0.192. The van der Waals surface area contributed by atoms with E-state index in [0.717, 1.165) is 19.3 Å². The van der Waals surface area contributed by atoms with Gasteiger partial charge in [0.05, 0.1) is 6.54 Å². The number of carbonyl (C=O) groups excluding carboxylic acids is 1. The monoisotopic (exact) mass is 300 g/mol. The molecule has 3 rings (SSSR count). The minimum absolute atomic E-state index is 0.192. The van der Waals surface area contributed by atoms with E-state index in [2.05, 4.69) is 41.5 Å². The molecular weight excluding hydrogens is 272 g/mol. The van der Waals surface area contributed by atoms with Crippen LogP contribution < -0.4 is 5.32 Å². The van der Waals surface area contributed by atoms with Gasteiger partial charge in [0.15, 0.2) is 0 Å². The molecule has 1 amide bonds. The van der Waals surface area contributed by atoms with Crippen molar-refractivity contribution in [3.8, 4) is 0 Å². The van der Waals surface area contributed by atoms with Crippen LogP contribution >= 0.6 is 0 Å². The molecule has 0 aliphatic heterocycles. The van der Waals surface area contributed by atoms with E-state index >= 15 is 0 Å². The second-order valence-electron chi connectivity index (χ2n) is 6.92. The second-order valence-corrected chi connectivity index (χ2v) is 6.92. The fraction of sp³-hybridized carbons (Fsp3) is 0.632. The highest BCUT2D eigenvalue weighted by Crippen LogP contribution is 2.33. The standard InChI is InChI=1S/C19H28N2O/c1-21(14-19(22)20-16-10-3-2-4-11-16)18-13-7-9-15-8-5-6-12-17(15)18/h5-6,8,12,16,18H,2-4,7,9-11,13-14H2,1H3,(H,20,22). The summed E-state index contributed by atoms with van der Waals surface area (Å²) in [6, 6.07) is 9.51.